The molecule has 1 aliphatic rings. The van der Waals surface area contributed by atoms with Gasteiger partial charge >= 0.3 is 0 Å². The zero-order valence-electron chi connectivity index (χ0n) is 13.5. The van der Waals surface area contributed by atoms with Gasteiger partial charge in [0.05, 0.1) is 5.69 Å². The molecule has 5 nitrogen and oxygen atoms in total. The molecule has 23 heavy (non-hydrogen) atoms. The fourth-order valence-corrected chi connectivity index (χ4v) is 2.85. The van der Waals surface area contributed by atoms with Crippen LogP contribution in [0.2, 0.25) is 0 Å². The number of carbonyl (C=O) groups is 1. The van der Waals surface area contributed by atoms with Gasteiger partial charge in [0.1, 0.15) is 6.26 Å². The Morgan fingerprint density at radius 1 is 1.30 bits per heavy atom. The molecule has 2 heterocycles. The minimum atomic E-state index is -0.00690. The van der Waals surface area contributed by atoms with E-state index in [9.17, 15) is 4.79 Å². The molecule has 1 saturated heterocycles. The van der Waals surface area contributed by atoms with Gasteiger partial charge in [-0.3, -0.25) is 4.79 Å². The molecule has 122 valence electrons. The molecular formula is C18H23N3O2. The average Bonchev–Trinajstić information content (AvgIpc) is 3.08. The number of nitrogens with one attached hydrogen (secondary N) is 1. The maximum absolute atomic E-state index is 12.0. The summed E-state index contributed by atoms with van der Waals surface area (Å²) in [6.07, 6.45) is 6.45. The molecule has 0 aliphatic carbocycles. The number of oxazole rings is 1. The largest absolute Gasteiger partial charge is 0.451 e. The van der Waals surface area contributed by atoms with Crippen LogP contribution in [-0.2, 0) is 11.2 Å². The second-order valence-corrected chi connectivity index (χ2v) is 6.24. The van der Waals surface area contributed by atoms with E-state index in [2.05, 4.69) is 34.3 Å². The number of aryl methyl sites for hydroxylation is 1. The van der Waals surface area contributed by atoms with E-state index in [1.807, 2.05) is 12.1 Å². The monoisotopic (exact) mass is 313 g/mol. The molecule has 1 N–H and O–H groups in total. The Morgan fingerprint density at radius 3 is 2.70 bits per heavy atom. The number of carbonyl (C=O) groups excluding carboxylic acids is 1. The van der Waals surface area contributed by atoms with Crippen LogP contribution >= 0.6 is 0 Å². The molecule has 0 saturated carbocycles. The van der Waals surface area contributed by atoms with Crippen molar-refractivity contribution < 1.29 is 9.21 Å². The molecule has 1 aromatic carbocycles. The molecule has 1 aromatic heterocycles. The standard InChI is InChI=1S/C18H23N3O2/c1-14-8-10-21(11-9-14)17-5-2-15(3-6-17)20-18(22)7-4-16-12-23-13-19-16/h2-3,5-6,12-14H,4,7-11H2,1H3,(H,20,22). The molecule has 1 aliphatic heterocycles. The van der Waals surface area contributed by atoms with E-state index in [0.717, 1.165) is 30.4 Å². The number of nitrogens with zero attached hydrogens (tertiary/aromatic N) is 2. The second kappa shape index (κ2) is 7.31. The van der Waals surface area contributed by atoms with Gasteiger partial charge in [0, 0.05) is 37.3 Å². The van der Waals surface area contributed by atoms with Gasteiger partial charge in [0.15, 0.2) is 6.39 Å². The molecular weight excluding hydrogens is 290 g/mol. The molecule has 0 radical (unpaired) electrons. The number of rotatable bonds is 5. The van der Waals surface area contributed by atoms with Crippen molar-refractivity contribution in [2.24, 2.45) is 5.92 Å². The van der Waals surface area contributed by atoms with Crippen molar-refractivity contribution in [2.75, 3.05) is 23.3 Å². The van der Waals surface area contributed by atoms with Crippen LogP contribution in [0.4, 0.5) is 11.4 Å². The molecule has 0 bridgehead atoms. The molecule has 3 rings (SSSR count). The van der Waals surface area contributed by atoms with E-state index >= 15 is 0 Å². The van der Waals surface area contributed by atoms with Crippen LogP contribution in [0.15, 0.2) is 41.3 Å². The van der Waals surface area contributed by atoms with Gasteiger partial charge in [-0.05, 0) is 43.0 Å². The number of benzene rings is 1. The maximum Gasteiger partial charge on any atom is 0.224 e. The summed E-state index contributed by atoms with van der Waals surface area (Å²) in [5, 5.41) is 2.93. The predicted octanol–water partition coefficient (Wildman–Crippen LogP) is 3.48. The zero-order valence-corrected chi connectivity index (χ0v) is 13.5. The lowest BCUT2D eigenvalue weighted by Crippen LogP contribution is -2.32. The highest BCUT2D eigenvalue weighted by atomic mass is 16.3. The third-order valence-corrected chi connectivity index (χ3v) is 4.39. The van der Waals surface area contributed by atoms with Gasteiger partial charge in [-0.15, -0.1) is 0 Å². The average molecular weight is 313 g/mol. The summed E-state index contributed by atoms with van der Waals surface area (Å²) < 4.78 is 4.89. The Labute approximate surface area is 136 Å². The highest BCUT2D eigenvalue weighted by molar-refractivity contribution is 5.91. The molecule has 2 aromatic rings. The first kappa shape index (κ1) is 15.6. The van der Waals surface area contributed by atoms with Crippen molar-refractivity contribution in [1.29, 1.82) is 0 Å². The van der Waals surface area contributed by atoms with E-state index in [1.165, 1.54) is 24.9 Å². The lowest BCUT2D eigenvalue weighted by atomic mass is 9.99. The summed E-state index contributed by atoms with van der Waals surface area (Å²) in [4.78, 5) is 18.4. The Morgan fingerprint density at radius 2 is 2.04 bits per heavy atom. The predicted molar refractivity (Wildman–Crippen MR) is 90.5 cm³/mol. The minimum absolute atomic E-state index is 0.00690. The van der Waals surface area contributed by atoms with Gasteiger partial charge in [-0.2, -0.15) is 0 Å². The van der Waals surface area contributed by atoms with Crippen LogP contribution in [0.5, 0.6) is 0 Å². The highest BCUT2D eigenvalue weighted by Crippen LogP contribution is 2.24. The fraction of sp³-hybridized carbons (Fsp3) is 0.444. The first-order valence-electron chi connectivity index (χ1n) is 8.22. The number of anilines is 2. The van der Waals surface area contributed by atoms with E-state index in [4.69, 9.17) is 4.42 Å². The summed E-state index contributed by atoms with van der Waals surface area (Å²) in [6, 6.07) is 8.12. The maximum atomic E-state index is 12.0. The van der Waals surface area contributed by atoms with Gasteiger partial charge < -0.3 is 14.6 Å². The van der Waals surface area contributed by atoms with Crippen molar-refractivity contribution in [3.05, 3.63) is 42.6 Å². The van der Waals surface area contributed by atoms with Crippen LogP contribution in [0.1, 0.15) is 31.9 Å². The van der Waals surface area contributed by atoms with E-state index in [1.54, 1.807) is 6.26 Å². The molecule has 0 spiro atoms. The Kier molecular flexibility index (Phi) is 4.95. The Hall–Kier alpha value is -2.30. The third-order valence-electron chi connectivity index (χ3n) is 4.39. The summed E-state index contributed by atoms with van der Waals surface area (Å²) in [5.41, 5.74) is 2.87. The first-order valence-corrected chi connectivity index (χ1v) is 8.22. The lowest BCUT2D eigenvalue weighted by Gasteiger charge is -2.32. The minimum Gasteiger partial charge on any atom is -0.451 e. The van der Waals surface area contributed by atoms with Crippen molar-refractivity contribution >= 4 is 17.3 Å². The number of piperidine rings is 1. The molecule has 1 fully saturated rings. The van der Waals surface area contributed by atoms with Gasteiger partial charge in [-0.25, -0.2) is 4.98 Å². The van der Waals surface area contributed by atoms with Crippen LogP contribution in [0.3, 0.4) is 0 Å². The summed E-state index contributed by atoms with van der Waals surface area (Å²) in [7, 11) is 0. The van der Waals surface area contributed by atoms with E-state index in [-0.39, 0.29) is 5.91 Å². The topological polar surface area (TPSA) is 58.4 Å². The SMILES string of the molecule is CC1CCN(c2ccc(NC(=O)CCc3cocn3)cc2)CC1. The van der Waals surface area contributed by atoms with Crippen LogP contribution in [0, 0.1) is 5.92 Å². The van der Waals surface area contributed by atoms with Gasteiger partial charge in [-0.1, -0.05) is 6.92 Å². The molecule has 1 amide bonds. The van der Waals surface area contributed by atoms with E-state index < -0.39 is 0 Å². The summed E-state index contributed by atoms with van der Waals surface area (Å²) in [6.45, 7) is 4.55. The second-order valence-electron chi connectivity index (χ2n) is 6.24. The van der Waals surface area contributed by atoms with Crippen LogP contribution in [0.25, 0.3) is 0 Å². The third kappa shape index (κ3) is 4.34. The van der Waals surface area contributed by atoms with Crippen molar-refractivity contribution in [1.82, 2.24) is 4.98 Å². The lowest BCUT2D eigenvalue weighted by molar-refractivity contribution is -0.116. The Balaban J connectivity index is 1.50. The molecule has 0 atom stereocenters. The van der Waals surface area contributed by atoms with Crippen molar-refractivity contribution in [3.8, 4) is 0 Å². The highest BCUT2D eigenvalue weighted by Gasteiger charge is 2.15. The number of hydrogen-bond acceptors (Lipinski definition) is 4. The zero-order chi connectivity index (χ0) is 16.1. The summed E-state index contributed by atoms with van der Waals surface area (Å²) >= 11 is 0. The fourth-order valence-electron chi connectivity index (χ4n) is 2.85. The smallest absolute Gasteiger partial charge is 0.224 e. The Bertz CT molecular complexity index is 614. The number of amides is 1. The summed E-state index contributed by atoms with van der Waals surface area (Å²) in [5.74, 6) is 0.821. The first-order chi connectivity index (χ1) is 11.2. The van der Waals surface area contributed by atoms with Crippen molar-refractivity contribution in [2.45, 2.75) is 32.6 Å². The normalized spacial score (nSPS) is 15.6. The van der Waals surface area contributed by atoms with Gasteiger partial charge in [0.2, 0.25) is 5.91 Å². The number of aromatic nitrogens is 1. The van der Waals surface area contributed by atoms with Crippen LogP contribution in [-0.4, -0.2) is 24.0 Å². The molecule has 0 unspecified atom stereocenters. The van der Waals surface area contributed by atoms with Gasteiger partial charge in [0.25, 0.3) is 0 Å². The molecule has 5 heteroatoms. The quantitative estimate of drug-likeness (QED) is 0.918. The van der Waals surface area contributed by atoms with Crippen molar-refractivity contribution in [3.63, 3.8) is 0 Å². The van der Waals surface area contributed by atoms with E-state index in [0.29, 0.717) is 12.8 Å². The van der Waals surface area contributed by atoms with Crippen LogP contribution < -0.4 is 10.2 Å². The number of hydrogen-bond donors (Lipinski definition) is 1.